The molecule has 0 aliphatic heterocycles. The summed E-state index contributed by atoms with van der Waals surface area (Å²) >= 11 is 8.00. The fraction of sp³-hybridized carbons (Fsp3) is 0.188. The number of carbonyl (C=O) groups is 1. The van der Waals surface area contributed by atoms with Crippen molar-refractivity contribution in [2.24, 2.45) is 0 Å². The molecule has 2 N–H and O–H groups in total. The first-order valence-corrected chi connectivity index (χ1v) is 8.14. The highest BCUT2D eigenvalue weighted by Gasteiger charge is 2.09. The fourth-order valence-electron chi connectivity index (χ4n) is 1.85. The van der Waals surface area contributed by atoms with E-state index >= 15 is 0 Å². The summed E-state index contributed by atoms with van der Waals surface area (Å²) in [5.74, 6) is -0.0595. The number of anilines is 1. The lowest BCUT2D eigenvalue weighted by Gasteiger charge is -2.08. The zero-order chi connectivity index (χ0) is 15.1. The Hall–Kier alpha value is -1.27. The number of carbonyl (C=O) groups excluding carboxylic acids is 1. The van der Waals surface area contributed by atoms with E-state index in [0.29, 0.717) is 17.1 Å². The van der Waals surface area contributed by atoms with Gasteiger partial charge in [-0.1, -0.05) is 29.8 Å². The van der Waals surface area contributed by atoms with Gasteiger partial charge in [0.25, 0.3) is 5.91 Å². The van der Waals surface area contributed by atoms with Gasteiger partial charge in [-0.15, -0.1) is 0 Å². The molecule has 2 rings (SSSR count). The molecule has 2 aromatic rings. The summed E-state index contributed by atoms with van der Waals surface area (Å²) in [6, 6.07) is 15.3. The van der Waals surface area contributed by atoms with Crippen LogP contribution in [0.3, 0.4) is 0 Å². The molecule has 0 saturated carbocycles. The molecule has 0 saturated heterocycles. The average molecular weight is 415 g/mol. The molecule has 3 nitrogen and oxygen atoms in total. The summed E-state index contributed by atoms with van der Waals surface area (Å²) < 4.78 is 0.861. The molecular weight excluding hydrogens is 399 g/mol. The van der Waals surface area contributed by atoms with Gasteiger partial charge in [-0.05, 0) is 59.3 Å². The van der Waals surface area contributed by atoms with Crippen LogP contribution in [0.5, 0.6) is 0 Å². The zero-order valence-corrected chi connectivity index (χ0v) is 14.3. The molecule has 21 heavy (non-hydrogen) atoms. The molecule has 1 amide bonds. The standard InChI is InChI=1S/C16H16ClIN2O/c17-12-7-8-14(15(18)11-12)16(21)20-10-4-9-19-13-5-2-1-3-6-13/h1-3,5-8,11,19H,4,9-10H2,(H,20,21). The largest absolute Gasteiger partial charge is 0.385 e. The molecule has 0 spiro atoms. The summed E-state index contributed by atoms with van der Waals surface area (Å²) in [5, 5.41) is 6.87. The van der Waals surface area contributed by atoms with E-state index in [9.17, 15) is 4.79 Å². The van der Waals surface area contributed by atoms with Crippen molar-refractivity contribution < 1.29 is 4.79 Å². The lowest BCUT2D eigenvalue weighted by atomic mass is 10.2. The second-order valence-corrected chi connectivity index (χ2v) is 6.13. The van der Waals surface area contributed by atoms with Gasteiger partial charge in [0, 0.05) is 27.4 Å². The van der Waals surface area contributed by atoms with Gasteiger partial charge < -0.3 is 10.6 Å². The van der Waals surface area contributed by atoms with Crippen molar-refractivity contribution in [3.05, 3.63) is 62.7 Å². The molecular formula is C16H16ClIN2O. The van der Waals surface area contributed by atoms with Crippen LogP contribution in [0.15, 0.2) is 48.5 Å². The Morgan fingerprint density at radius 3 is 2.57 bits per heavy atom. The van der Waals surface area contributed by atoms with Crippen LogP contribution in [-0.2, 0) is 0 Å². The van der Waals surface area contributed by atoms with Crippen LogP contribution in [0.25, 0.3) is 0 Å². The number of rotatable bonds is 6. The van der Waals surface area contributed by atoms with Crippen LogP contribution in [0.4, 0.5) is 5.69 Å². The van der Waals surface area contributed by atoms with Gasteiger partial charge in [-0.2, -0.15) is 0 Å². The lowest BCUT2D eigenvalue weighted by Crippen LogP contribution is -2.26. The van der Waals surface area contributed by atoms with Gasteiger partial charge in [0.05, 0.1) is 5.56 Å². The molecule has 0 atom stereocenters. The highest BCUT2D eigenvalue weighted by Crippen LogP contribution is 2.17. The van der Waals surface area contributed by atoms with Crippen LogP contribution >= 0.6 is 34.2 Å². The van der Waals surface area contributed by atoms with Gasteiger partial charge in [-0.25, -0.2) is 0 Å². The predicted molar refractivity (Wildman–Crippen MR) is 96.1 cm³/mol. The minimum absolute atomic E-state index is 0.0595. The van der Waals surface area contributed by atoms with Crippen LogP contribution in [0, 0.1) is 3.57 Å². The third-order valence-corrected chi connectivity index (χ3v) is 4.05. The molecule has 0 unspecified atom stereocenters. The number of hydrogen-bond acceptors (Lipinski definition) is 2. The second kappa shape index (κ2) is 8.24. The fourth-order valence-corrected chi connectivity index (χ4v) is 2.96. The van der Waals surface area contributed by atoms with Gasteiger partial charge in [0.1, 0.15) is 0 Å². The predicted octanol–water partition coefficient (Wildman–Crippen LogP) is 4.18. The van der Waals surface area contributed by atoms with Gasteiger partial charge >= 0.3 is 0 Å². The van der Waals surface area contributed by atoms with E-state index in [0.717, 1.165) is 22.2 Å². The summed E-state index contributed by atoms with van der Waals surface area (Å²) in [6.07, 6.45) is 0.866. The van der Waals surface area contributed by atoms with Gasteiger partial charge in [-0.3, -0.25) is 4.79 Å². The van der Waals surface area contributed by atoms with Crippen molar-refractivity contribution >= 4 is 45.8 Å². The van der Waals surface area contributed by atoms with Crippen LogP contribution in [0.1, 0.15) is 16.8 Å². The number of amides is 1. The maximum Gasteiger partial charge on any atom is 0.252 e. The maximum atomic E-state index is 12.0. The van der Waals surface area contributed by atoms with Gasteiger partial charge in [0.15, 0.2) is 0 Å². The normalized spacial score (nSPS) is 10.2. The molecule has 0 bridgehead atoms. The molecule has 0 radical (unpaired) electrons. The second-order valence-electron chi connectivity index (χ2n) is 4.53. The Morgan fingerprint density at radius 1 is 1.10 bits per heavy atom. The van der Waals surface area contributed by atoms with E-state index in [1.54, 1.807) is 18.2 Å². The Bertz CT molecular complexity index is 604. The van der Waals surface area contributed by atoms with Crippen LogP contribution < -0.4 is 10.6 Å². The molecule has 0 heterocycles. The quantitative estimate of drug-likeness (QED) is 0.550. The Balaban J connectivity index is 1.72. The van der Waals surface area contributed by atoms with Gasteiger partial charge in [0.2, 0.25) is 0 Å². The molecule has 0 aliphatic carbocycles. The Kier molecular flexibility index (Phi) is 6.32. The van der Waals surface area contributed by atoms with Crippen LogP contribution in [0.2, 0.25) is 5.02 Å². The van der Waals surface area contributed by atoms with Crippen molar-refractivity contribution in [3.63, 3.8) is 0 Å². The molecule has 0 fully saturated rings. The van der Waals surface area contributed by atoms with E-state index in [1.807, 2.05) is 30.3 Å². The monoisotopic (exact) mass is 414 g/mol. The summed E-state index contributed by atoms with van der Waals surface area (Å²) in [6.45, 7) is 1.46. The lowest BCUT2D eigenvalue weighted by molar-refractivity contribution is 0.0952. The van der Waals surface area contributed by atoms with E-state index < -0.39 is 0 Å². The summed E-state index contributed by atoms with van der Waals surface area (Å²) in [4.78, 5) is 12.0. The van der Waals surface area contributed by atoms with E-state index in [1.165, 1.54) is 0 Å². The minimum atomic E-state index is -0.0595. The number of nitrogens with one attached hydrogen (secondary N) is 2. The van der Waals surface area contributed by atoms with Crippen molar-refractivity contribution in [2.45, 2.75) is 6.42 Å². The van der Waals surface area contributed by atoms with Crippen molar-refractivity contribution in [1.82, 2.24) is 5.32 Å². The Morgan fingerprint density at radius 2 is 1.86 bits per heavy atom. The average Bonchev–Trinajstić information content (AvgIpc) is 2.47. The molecule has 110 valence electrons. The molecule has 0 aromatic heterocycles. The first-order chi connectivity index (χ1) is 10.2. The van der Waals surface area contributed by atoms with Crippen molar-refractivity contribution in [2.75, 3.05) is 18.4 Å². The smallest absolute Gasteiger partial charge is 0.252 e. The van der Waals surface area contributed by atoms with Crippen molar-refractivity contribution in [3.8, 4) is 0 Å². The topological polar surface area (TPSA) is 41.1 Å². The Labute approximate surface area is 143 Å². The summed E-state index contributed by atoms with van der Waals surface area (Å²) in [5.41, 5.74) is 1.76. The van der Waals surface area contributed by atoms with E-state index in [2.05, 4.69) is 33.2 Å². The molecule has 0 aliphatic rings. The number of halogens is 2. The molecule has 5 heteroatoms. The zero-order valence-electron chi connectivity index (χ0n) is 11.4. The first kappa shape index (κ1) is 16.1. The third-order valence-electron chi connectivity index (χ3n) is 2.92. The van der Waals surface area contributed by atoms with E-state index in [4.69, 9.17) is 11.6 Å². The van der Waals surface area contributed by atoms with Crippen LogP contribution in [-0.4, -0.2) is 19.0 Å². The van der Waals surface area contributed by atoms with E-state index in [-0.39, 0.29) is 5.91 Å². The minimum Gasteiger partial charge on any atom is -0.385 e. The number of hydrogen-bond donors (Lipinski definition) is 2. The first-order valence-electron chi connectivity index (χ1n) is 6.69. The highest BCUT2D eigenvalue weighted by molar-refractivity contribution is 14.1. The number of para-hydroxylation sites is 1. The maximum absolute atomic E-state index is 12.0. The van der Waals surface area contributed by atoms with Crippen molar-refractivity contribution in [1.29, 1.82) is 0 Å². The highest BCUT2D eigenvalue weighted by atomic mass is 127. The third kappa shape index (κ3) is 5.21. The molecule has 2 aromatic carbocycles. The SMILES string of the molecule is O=C(NCCCNc1ccccc1)c1ccc(Cl)cc1I. The summed E-state index contributed by atoms with van der Waals surface area (Å²) in [7, 11) is 0. The number of benzene rings is 2.